The smallest absolute Gasteiger partial charge is 0.267 e. The van der Waals surface area contributed by atoms with Crippen LogP contribution in [0, 0.1) is 0 Å². The van der Waals surface area contributed by atoms with Crippen LogP contribution < -0.4 is 10.1 Å². The first-order valence-corrected chi connectivity index (χ1v) is 8.55. The quantitative estimate of drug-likeness (QED) is 0.755. The molecular formula is C15H16Cl2N2O2S. The molecule has 2 aromatic rings. The number of benzene rings is 1. The van der Waals surface area contributed by atoms with Crippen molar-refractivity contribution in [1.29, 1.82) is 0 Å². The number of halogens is 2. The minimum Gasteiger partial charge on any atom is -0.479 e. The summed E-state index contributed by atoms with van der Waals surface area (Å²) in [5.41, 5.74) is 0. The fraction of sp³-hybridized carbons (Fsp3) is 0.333. The molecular weight excluding hydrogens is 343 g/mol. The number of aromatic nitrogens is 1. The maximum Gasteiger partial charge on any atom is 0.267 e. The summed E-state index contributed by atoms with van der Waals surface area (Å²) in [4.78, 5) is 16.4. The fourth-order valence-corrected chi connectivity index (χ4v) is 2.81. The Balaban J connectivity index is 2.09. The first kappa shape index (κ1) is 17.1. The van der Waals surface area contributed by atoms with E-state index in [0.29, 0.717) is 27.3 Å². The van der Waals surface area contributed by atoms with Gasteiger partial charge in [0.1, 0.15) is 5.75 Å². The summed E-state index contributed by atoms with van der Waals surface area (Å²) < 4.78 is 5.79. The topological polar surface area (TPSA) is 51.2 Å². The Hall–Kier alpha value is -1.30. The lowest BCUT2D eigenvalue weighted by molar-refractivity contribution is -0.123. The molecule has 1 heterocycles. The molecule has 7 heteroatoms. The van der Waals surface area contributed by atoms with Crippen molar-refractivity contribution in [2.45, 2.75) is 32.3 Å². The molecule has 0 bridgehead atoms. The number of amides is 1. The molecule has 4 nitrogen and oxygen atoms in total. The predicted molar refractivity (Wildman–Crippen MR) is 91.1 cm³/mol. The summed E-state index contributed by atoms with van der Waals surface area (Å²) in [6, 6.07) is 4.94. The summed E-state index contributed by atoms with van der Waals surface area (Å²) >= 11 is 13.3. The number of hydrogen-bond acceptors (Lipinski definition) is 4. The van der Waals surface area contributed by atoms with Gasteiger partial charge in [0.25, 0.3) is 5.91 Å². The first-order chi connectivity index (χ1) is 10.6. The lowest BCUT2D eigenvalue weighted by atomic mass is 10.1. The minimum atomic E-state index is -0.623. The molecule has 0 radical (unpaired) electrons. The van der Waals surface area contributed by atoms with Crippen LogP contribution in [-0.4, -0.2) is 17.0 Å². The van der Waals surface area contributed by atoms with Gasteiger partial charge in [0.15, 0.2) is 11.2 Å². The molecule has 1 atom stereocenters. The van der Waals surface area contributed by atoms with Gasteiger partial charge in [-0.1, -0.05) is 36.5 Å². The number of nitrogens with zero attached hydrogens (tertiary/aromatic N) is 1. The second-order valence-electron chi connectivity index (χ2n) is 4.65. The number of rotatable bonds is 7. The molecule has 0 aliphatic rings. The first-order valence-electron chi connectivity index (χ1n) is 6.92. The highest BCUT2D eigenvalue weighted by Gasteiger charge is 2.22. The standard InChI is InChI=1S/C15H16Cl2N2O2S/c1-2-3-4-13(14(20)19-15-18-7-8-22-15)21-12-6-5-10(16)9-11(12)17/h5-9,13H,2-4H2,1H3,(H,18,19,20). The molecule has 0 saturated heterocycles. The van der Waals surface area contributed by atoms with Crippen LogP contribution in [0.1, 0.15) is 26.2 Å². The van der Waals surface area contributed by atoms with Gasteiger partial charge < -0.3 is 4.74 Å². The Morgan fingerprint density at radius 2 is 2.27 bits per heavy atom. The van der Waals surface area contributed by atoms with E-state index in [9.17, 15) is 4.79 Å². The number of thiazole rings is 1. The largest absolute Gasteiger partial charge is 0.479 e. The van der Waals surface area contributed by atoms with Gasteiger partial charge in [-0.3, -0.25) is 10.1 Å². The lowest BCUT2D eigenvalue weighted by Crippen LogP contribution is -2.33. The summed E-state index contributed by atoms with van der Waals surface area (Å²) in [6.45, 7) is 2.06. The second kappa shape index (κ2) is 8.36. The molecule has 1 amide bonds. The SMILES string of the molecule is CCCCC(Oc1ccc(Cl)cc1Cl)C(=O)Nc1nccs1. The predicted octanol–water partition coefficient (Wildman–Crippen LogP) is 5.03. The van der Waals surface area contributed by atoms with Crippen molar-refractivity contribution in [2.75, 3.05) is 5.32 Å². The Labute approximate surface area is 143 Å². The number of carbonyl (C=O) groups is 1. The maximum absolute atomic E-state index is 12.4. The lowest BCUT2D eigenvalue weighted by Gasteiger charge is -2.18. The number of carbonyl (C=O) groups excluding carboxylic acids is 1. The third-order valence-electron chi connectivity index (χ3n) is 2.94. The summed E-state index contributed by atoms with van der Waals surface area (Å²) in [5.74, 6) is 0.218. The van der Waals surface area contributed by atoms with Crippen LogP contribution in [0.25, 0.3) is 0 Å². The number of unbranched alkanes of at least 4 members (excludes halogenated alkanes) is 1. The highest BCUT2D eigenvalue weighted by atomic mass is 35.5. The summed E-state index contributed by atoms with van der Waals surface area (Å²) in [6.07, 6.45) is 3.47. The number of anilines is 1. The number of nitrogens with one attached hydrogen (secondary N) is 1. The number of hydrogen-bond donors (Lipinski definition) is 1. The summed E-state index contributed by atoms with van der Waals surface area (Å²) in [7, 11) is 0. The highest BCUT2D eigenvalue weighted by Crippen LogP contribution is 2.29. The molecule has 1 N–H and O–H groups in total. The maximum atomic E-state index is 12.4. The summed E-state index contributed by atoms with van der Waals surface area (Å²) in [5, 5.41) is 6.02. The average molecular weight is 359 g/mol. The van der Waals surface area contributed by atoms with E-state index in [1.54, 1.807) is 29.8 Å². The highest BCUT2D eigenvalue weighted by molar-refractivity contribution is 7.13. The molecule has 0 saturated carbocycles. The van der Waals surface area contributed by atoms with E-state index in [0.717, 1.165) is 12.8 Å². The van der Waals surface area contributed by atoms with E-state index in [2.05, 4.69) is 17.2 Å². The van der Waals surface area contributed by atoms with Crippen LogP contribution in [0.3, 0.4) is 0 Å². The molecule has 22 heavy (non-hydrogen) atoms. The molecule has 1 unspecified atom stereocenters. The molecule has 1 aromatic heterocycles. The molecule has 0 fully saturated rings. The van der Waals surface area contributed by atoms with Crippen molar-refractivity contribution >= 4 is 45.6 Å². The molecule has 0 aliphatic carbocycles. The second-order valence-corrected chi connectivity index (χ2v) is 6.39. The Morgan fingerprint density at radius 3 is 2.91 bits per heavy atom. The minimum absolute atomic E-state index is 0.227. The zero-order valence-electron chi connectivity index (χ0n) is 12.0. The van der Waals surface area contributed by atoms with Crippen LogP contribution >= 0.6 is 34.5 Å². The molecule has 0 spiro atoms. The zero-order chi connectivity index (χ0) is 15.9. The van der Waals surface area contributed by atoms with Gasteiger partial charge in [-0.2, -0.15) is 0 Å². The van der Waals surface area contributed by atoms with Gasteiger partial charge in [0.2, 0.25) is 0 Å². The van der Waals surface area contributed by atoms with Crippen LogP contribution in [0.2, 0.25) is 10.0 Å². The molecule has 2 rings (SSSR count). The van der Waals surface area contributed by atoms with Gasteiger partial charge in [0.05, 0.1) is 5.02 Å². The zero-order valence-corrected chi connectivity index (χ0v) is 14.3. The Kier molecular flexibility index (Phi) is 6.49. The molecule has 1 aromatic carbocycles. The molecule has 0 aliphatic heterocycles. The van der Waals surface area contributed by atoms with E-state index in [1.807, 2.05) is 0 Å². The van der Waals surface area contributed by atoms with Crippen molar-refractivity contribution in [2.24, 2.45) is 0 Å². The Morgan fingerprint density at radius 1 is 1.45 bits per heavy atom. The van der Waals surface area contributed by atoms with E-state index in [-0.39, 0.29) is 5.91 Å². The normalized spacial score (nSPS) is 12.0. The van der Waals surface area contributed by atoms with Crippen molar-refractivity contribution in [3.8, 4) is 5.75 Å². The van der Waals surface area contributed by atoms with Crippen LogP contribution in [0.4, 0.5) is 5.13 Å². The van der Waals surface area contributed by atoms with Gasteiger partial charge in [-0.25, -0.2) is 4.98 Å². The van der Waals surface area contributed by atoms with Crippen molar-refractivity contribution < 1.29 is 9.53 Å². The monoisotopic (exact) mass is 358 g/mol. The van der Waals surface area contributed by atoms with Crippen LogP contribution in [-0.2, 0) is 4.79 Å². The third kappa shape index (κ3) is 4.87. The third-order valence-corrected chi connectivity index (χ3v) is 4.16. The van der Waals surface area contributed by atoms with E-state index < -0.39 is 6.10 Å². The van der Waals surface area contributed by atoms with Crippen molar-refractivity contribution in [1.82, 2.24) is 4.98 Å². The fourth-order valence-electron chi connectivity index (χ4n) is 1.83. The van der Waals surface area contributed by atoms with E-state index in [4.69, 9.17) is 27.9 Å². The number of ether oxygens (including phenoxy) is 1. The van der Waals surface area contributed by atoms with Crippen LogP contribution in [0.5, 0.6) is 5.75 Å². The van der Waals surface area contributed by atoms with Crippen molar-refractivity contribution in [3.63, 3.8) is 0 Å². The van der Waals surface area contributed by atoms with E-state index in [1.165, 1.54) is 11.3 Å². The van der Waals surface area contributed by atoms with Gasteiger partial charge in [-0.05, 0) is 31.0 Å². The Bertz CT molecular complexity index is 620. The van der Waals surface area contributed by atoms with Gasteiger partial charge >= 0.3 is 0 Å². The molecule has 118 valence electrons. The average Bonchev–Trinajstić information content (AvgIpc) is 2.98. The van der Waals surface area contributed by atoms with Gasteiger partial charge in [-0.15, -0.1) is 11.3 Å². The van der Waals surface area contributed by atoms with Crippen LogP contribution in [0.15, 0.2) is 29.8 Å². The van der Waals surface area contributed by atoms with Gasteiger partial charge in [0, 0.05) is 16.6 Å². The van der Waals surface area contributed by atoms with E-state index >= 15 is 0 Å². The van der Waals surface area contributed by atoms with Crippen molar-refractivity contribution in [3.05, 3.63) is 39.8 Å².